The minimum atomic E-state index is -0.538. The molecule has 0 radical (unpaired) electrons. The van der Waals surface area contributed by atoms with Gasteiger partial charge in [0.05, 0.1) is 13.2 Å². The Morgan fingerprint density at radius 3 is 2.46 bits per heavy atom. The molecular weight excluding hydrogens is 328 g/mol. The van der Waals surface area contributed by atoms with Crippen LogP contribution < -0.4 is 10.1 Å². The van der Waals surface area contributed by atoms with Crippen LogP contribution in [0.5, 0.6) is 5.75 Å². The van der Waals surface area contributed by atoms with Gasteiger partial charge in [-0.05, 0) is 30.2 Å². The number of benzene rings is 2. The molecule has 1 saturated heterocycles. The van der Waals surface area contributed by atoms with Crippen molar-refractivity contribution in [3.63, 3.8) is 0 Å². The zero-order valence-electron chi connectivity index (χ0n) is 15.2. The van der Waals surface area contributed by atoms with Gasteiger partial charge >= 0.3 is 0 Å². The van der Waals surface area contributed by atoms with Gasteiger partial charge in [0.2, 0.25) is 0 Å². The number of rotatable bonds is 7. The lowest BCUT2D eigenvalue weighted by Gasteiger charge is -2.27. The smallest absolute Gasteiger partial charge is 0.261 e. The van der Waals surface area contributed by atoms with Gasteiger partial charge in [0.1, 0.15) is 5.75 Å². The average molecular weight is 354 g/mol. The second-order valence-corrected chi connectivity index (χ2v) is 6.45. The summed E-state index contributed by atoms with van der Waals surface area (Å²) in [6.45, 7) is 6.61. The highest BCUT2D eigenvalue weighted by Gasteiger charge is 2.16. The van der Waals surface area contributed by atoms with Crippen LogP contribution in [-0.2, 0) is 22.6 Å². The van der Waals surface area contributed by atoms with Crippen LogP contribution >= 0.6 is 0 Å². The van der Waals surface area contributed by atoms with Crippen LogP contribution in [0.4, 0.5) is 0 Å². The highest BCUT2D eigenvalue weighted by atomic mass is 16.5. The fraction of sp³-hybridized carbons (Fsp3) is 0.381. The fourth-order valence-corrected chi connectivity index (χ4v) is 2.97. The fourth-order valence-electron chi connectivity index (χ4n) is 2.97. The van der Waals surface area contributed by atoms with Crippen molar-refractivity contribution in [2.75, 3.05) is 26.3 Å². The zero-order chi connectivity index (χ0) is 18.2. The molecule has 1 amide bonds. The molecule has 0 spiro atoms. The molecule has 5 heteroatoms. The van der Waals surface area contributed by atoms with E-state index in [2.05, 4.69) is 22.3 Å². The van der Waals surface area contributed by atoms with Crippen molar-refractivity contribution in [3.8, 4) is 5.75 Å². The Morgan fingerprint density at radius 1 is 1.08 bits per heavy atom. The Hall–Kier alpha value is -2.37. The first-order valence-corrected chi connectivity index (χ1v) is 9.08. The SMILES string of the molecule is CC(Oc1ccccc1)C(=O)NCc1ccccc1CN1CCOCC1. The maximum absolute atomic E-state index is 12.4. The number of hydrogen-bond donors (Lipinski definition) is 1. The summed E-state index contributed by atoms with van der Waals surface area (Å²) < 4.78 is 11.1. The van der Waals surface area contributed by atoms with E-state index in [9.17, 15) is 4.79 Å². The van der Waals surface area contributed by atoms with E-state index in [1.165, 1.54) is 5.56 Å². The van der Waals surface area contributed by atoms with Gasteiger partial charge in [-0.25, -0.2) is 0 Å². The summed E-state index contributed by atoms with van der Waals surface area (Å²) >= 11 is 0. The Morgan fingerprint density at radius 2 is 1.73 bits per heavy atom. The molecule has 138 valence electrons. The first-order valence-electron chi connectivity index (χ1n) is 9.08. The third-order valence-corrected chi connectivity index (χ3v) is 4.49. The van der Waals surface area contributed by atoms with Gasteiger partial charge in [0.15, 0.2) is 6.10 Å². The monoisotopic (exact) mass is 354 g/mol. The second-order valence-electron chi connectivity index (χ2n) is 6.45. The number of hydrogen-bond acceptors (Lipinski definition) is 4. The molecule has 0 saturated carbocycles. The van der Waals surface area contributed by atoms with E-state index in [0.717, 1.165) is 38.4 Å². The summed E-state index contributed by atoms with van der Waals surface area (Å²) in [5.41, 5.74) is 2.38. The summed E-state index contributed by atoms with van der Waals surface area (Å²) in [4.78, 5) is 14.7. The molecule has 1 aliphatic heterocycles. The van der Waals surface area contributed by atoms with Crippen molar-refractivity contribution in [2.24, 2.45) is 0 Å². The van der Waals surface area contributed by atoms with E-state index in [4.69, 9.17) is 9.47 Å². The van der Waals surface area contributed by atoms with Crippen molar-refractivity contribution in [1.82, 2.24) is 10.2 Å². The third-order valence-electron chi connectivity index (χ3n) is 4.49. The third kappa shape index (κ3) is 5.31. The number of carbonyl (C=O) groups excluding carboxylic acids is 1. The number of nitrogens with one attached hydrogen (secondary N) is 1. The first kappa shape index (κ1) is 18.4. The molecule has 0 aromatic heterocycles. The quantitative estimate of drug-likeness (QED) is 0.830. The average Bonchev–Trinajstić information content (AvgIpc) is 2.68. The Labute approximate surface area is 154 Å². The van der Waals surface area contributed by atoms with Gasteiger partial charge in [0.25, 0.3) is 5.91 Å². The van der Waals surface area contributed by atoms with E-state index in [1.54, 1.807) is 6.92 Å². The zero-order valence-corrected chi connectivity index (χ0v) is 15.2. The molecule has 1 aliphatic rings. The van der Waals surface area contributed by atoms with E-state index in [-0.39, 0.29) is 5.91 Å². The minimum Gasteiger partial charge on any atom is -0.481 e. The minimum absolute atomic E-state index is 0.116. The van der Waals surface area contributed by atoms with E-state index >= 15 is 0 Å². The van der Waals surface area contributed by atoms with Gasteiger partial charge in [-0.1, -0.05) is 42.5 Å². The van der Waals surface area contributed by atoms with Crippen LogP contribution in [-0.4, -0.2) is 43.2 Å². The number of nitrogens with zero attached hydrogens (tertiary/aromatic N) is 1. The molecule has 26 heavy (non-hydrogen) atoms. The van der Waals surface area contributed by atoms with E-state index < -0.39 is 6.10 Å². The highest BCUT2D eigenvalue weighted by molar-refractivity contribution is 5.80. The van der Waals surface area contributed by atoms with Crippen LogP contribution in [0.1, 0.15) is 18.1 Å². The number of amides is 1. The summed E-state index contributed by atoms with van der Waals surface area (Å²) in [5, 5.41) is 2.99. The van der Waals surface area contributed by atoms with Crippen molar-refractivity contribution < 1.29 is 14.3 Å². The van der Waals surface area contributed by atoms with Crippen molar-refractivity contribution in [2.45, 2.75) is 26.1 Å². The lowest BCUT2D eigenvalue weighted by molar-refractivity contribution is -0.127. The largest absolute Gasteiger partial charge is 0.481 e. The maximum atomic E-state index is 12.4. The lowest BCUT2D eigenvalue weighted by Crippen LogP contribution is -2.37. The topological polar surface area (TPSA) is 50.8 Å². The summed E-state index contributed by atoms with van der Waals surface area (Å²) in [5.74, 6) is 0.581. The Bertz CT molecular complexity index is 699. The van der Waals surface area contributed by atoms with Crippen LogP contribution in [0, 0.1) is 0 Å². The van der Waals surface area contributed by atoms with Crippen LogP contribution in [0.3, 0.4) is 0 Å². The van der Waals surface area contributed by atoms with Crippen LogP contribution in [0.25, 0.3) is 0 Å². The molecule has 2 aromatic carbocycles. The molecule has 1 heterocycles. The van der Waals surface area contributed by atoms with Crippen molar-refractivity contribution in [1.29, 1.82) is 0 Å². The van der Waals surface area contributed by atoms with Crippen molar-refractivity contribution in [3.05, 3.63) is 65.7 Å². The van der Waals surface area contributed by atoms with Gasteiger partial charge in [-0.15, -0.1) is 0 Å². The molecule has 3 rings (SSSR count). The molecular formula is C21H26N2O3. The molecule has 5 nitrogen and oxygen atoms in total. The van der Waals surface area contributed by atoms with Gasteiger partial charge in [-0.2, -0.15) is 0 Å². The van der Waals surface area contributed by atoms with E-state index in [1.807, 2.05) is 42.5 Å². The Balaban J connectivity index is 1.54. The van der Waals surface area contributed by atoms with Crippen LogP contribution in [0.2, 0.25) is 0 Å². The predicted molar refractivity (Wildman–Crippen MR) is 101 cm³/mol. The molecule has 0 bridgehead atoms. The number of para-hydroxylation sites is 1. The molecule has 1 N–H and O–H groups in total. The maximum Gasteiger partial charge on any atom is 0.261 e. The second kappa shape index (κ2) is 9.36. The normalized spacial score (nSPS) is 16.0. The predicted octanol–water partition coefficient (Wildman–Crippen LogP) is 2.60. The van der Waals surface area contributed by atoms with Crippen LogP contribution in [0.15, 0.2) is 54.6 Å². The number of morpholine rings is 1. The van der Waals surface area contributed by atoms with Gasteiger partial charge in [-0.3, -0.25) is 9.69 Å². The summed E-state index contributed by atoms with van der Waals surface area (Å²) in [7, 11) is 0. The summed E-state index contributed by atoms with van der Waals surface area (Å²) in [6.07, 6.45) is -0.538. The Kier molecular flexibility index (Phi) is 6.63. The molecule has 1 atom stereocenters. The van der Waals surface area contributed by atoms with E-state index in [0.29, 0.717) is 12.3 Å². The number of carbonyl (C=O) groups is 1. The van der Waals surface area contributed by atoms with Gasteiger partial charge < -0.3 is 14.8 Å². The molecule has 1 unspecified atom stereocenters. The summed E-state index contributed by atoms with van der Waals surface area (Å²) in [6, 6.07) is 17.6. The standard InChI is InChI=1S/C21H26N2O3/c1-17(26-20-9-3-2-4-10-20)21(24)22-15-18-7-5-6-8-19(18)16-23-11-13-25-14-12-23/h2-10,17H,11-16H2,1H3,(H,22,24). The first-order chi connectivity index (χ1) is 12.7. The highest BCUT2D eigenvalue weighted by Crippen LogP contribution is 2.14. The number of ether oxygens (including phenoxy) is 2. The molecule has 1 fully saturated rings. The molecule has 0 aliphatic carbocycles. The molecule has 2 aromatic rings. The van der Waals surface area contributed by atoms with Gasteiger partial charge in [0, 0.05) is 26.2 Å². The lowest BCUT2D eigenvalue weighted by atomic mass is 10.1. The van der Waals surface area contributed by atoms with Crippen molar-refractivity contribution >= 4 is 5.91 Å².